The Morgan fingerprint density at radius 3 is 2.33 bits per heavy atom. The number of hydrogen-bond donors (Lipinski definition) is 1. The van der Waals surface area contributed by atoms with Gasteiger partial charge in [-0.15, -0.1) is 0 Å². The highest BCUT2D eigenvalue weighted by molar-refractivity contribution is 8.00. The van der Waals surface area contributed by atoms with Gasteiger partial charge in [-0.1, -0.05) is 0 Å². The minimum atomic E-state index is -0.307. The quantitative estimate of drug-likeness (QED) is 0.842. The van der Waals surface area contributed by atoms with E-state index < -0.39 is 0 Å². The van der Waals surface area contributed by atoms with Gasteiger partial charge in [0.15, 0.2) is 11.5 Å². The molecule has 1 amide bonds. The monoisotopic (exact) mass is 310 g/mol. The van der Waals surface area contributed by atoms with Crippen LogP contribution in [0.5, 0.6) is 17.2 Å². The topological polar surface area (TPSA) is 69.2 Å². The maximum Gasteiger partial charge on any atom is 0.271 e. The number of carbonyl (C=O) groups excluding carboxylic acids is 1. The molecule has 2 rings (SSSR count). The third-order valence-electron chi connectivity index (χ3n) is 3.05. The van der Waals surface area contributed by atoms with E-state index in [1.54, 1.807) is 12.1 Å². The second kappa shape index (κ2) is 7.21. The number of nitrogens with zero attached hydrogens (tertiary/aromatic N) is 1. The molecule has 1 aromatic rings. The van der Waals surface area contributed by atoms with Gasteiger partial charge in [-0.3, -0.25) is 4.79 Å². The van der Waals surface area contributed by atoms with E-state index in [9.17, 15) is 4.79 Å². The van der Waals surface area contributed by atoms with Gasteiger partial charge >= 0.3 is 0 Å². The number of hydrazone groups is 1. The average molecular weight is 310 g/mol. The molecule has 0 atom stereocenters. The van der Waals surface area contributed by atoms with Crippen LogP contribution in [0.25, 0.3) is 0 Å². The second-order valence-corrected chi connectivity index (χ2v) is 5.44. The predicted molar refractivity (Wildman–Crippen MR) is 82.9 cm³/mol. The zero-order valence-corrected chi connectivity index (χ0v) is 13.1. The van der Waals surface area contributed by atoms with Crippen molar-refractivity contribution >= 4 is 23.4 Å². The van der Waals surface area contributed by atoms with Crippen LogP contribution in [0, 0.1) is 0 Å². The lowest BCUT2D eigenvalue weighted by atomic mass is 10.1. The number of amides is 1. The van der Waals surface area contributed by atoms with Gasteiger partial charge in [-0.05, 0) is 24.3 Å². The molecular weight excluding hydrogens is 292 g/mol. The van der Waals surface area contributed by atoms with Crippen molar-refractivity contribution in [2.45, 2.75) is 6.42 Å². The molecule has 0 unspecified atom stereocenters. The fourth-order valence-corrected chi connectivity index (χ4v) is 2.92. The van der Waals surface area contributed by atoms with Crippen LogP contribution in [0.1, 0.15) is 16.8 Å². The van der Waals surface area contributed by atoms with Gasteiger partial charge in [0.1, 0.15) is 0 Å². The van der Waals surface area contributed by atoms with Crippen LogP contribution in [-0.4, -0.2) is 44.5 Å². The summed E-state index contributed by atoms with van der Waals surface area (Å²) in [7, 11) is 4.54. The van der Waals surface area contributed by atoms with Gasteiger partial charge in [-0.2, -0.15) is 16.9 Å². The predicted octanol–water partition coefficient (Wildman–Crippen LogP) is 1.94. The molecule has 1 saturated heterocycles. The molecule has 0 bridgehead atoms. The summed E-state index contributed by atoms with van der Waals surface area (Å²) in [5.74, 6) is 2.94. The third-order valence-corrected chi connectivity index (χ3v) is 4.08. The molecule has 1 aliphatic rings. The molecule has 0 aliphatic carbocycles. The van der Waals surface area contributed by atoms with E-state index in [0.29, 0.717) is 22.8 Å². The standard InChI is InChI=1S/C14H18N2O4S/c1-18-11-6-9(7-12(19-2)13(11)20-3)14(17)16-15-10-4-5-21-8-10/h6-7H,4-5,8H2,1-3H3,(H,16,17)/b15-10+. The van der Waals surface area contributed by atoms with E-state index in [-0.39, 0.29) is 5.91 Å². The molecule has 0 aromatic heterocycles. The number of carbonyl (C=O) groups is 1. The van der Waals surface area contributed by atoms with Gasteiger partial charge < -0.3 is 14.2 Å². The minimum absolute atomic E-state index is 0.307. The molecule has 1 N–H and O–H groups in total. The average Bonchev–Trinajstić information content (AvgIpc) is 3.04. The highest BCUT2D eigenvalue weighted by Gasteiger charge is 2.17. The van der Waals surface area contributed by atoms with Crippen LogP contribution in [0.2, 0.25) is 0 Å². The number of thioether (sulfide) groups is 1. The van der Waals surface area contributed by atoms with Crippen molar-refractivity contribution in [1.82, 2.24) is 5.43 Å². The number of hydrogen-bond acceptors (Lipinski definition) is 6. The molecule has 6 nitrogen and oxygen atoms in total. The van der Waals surface area contributed by atoms with E-state index in [1.807, 2.05) is 11.8 Å². The van der Waals surface area contributed by atoms with Crippen molar-refractivity contribution in [3.05, 3.63) is 17.7 Å². The highest BCUT2D eigenvalue weighted by Crippen LogP contribution is 2.38. The molecule has 0 saturated carbocycles. The van der Waals surface area contributed by atoms with Crippen molar-refractivity contribution in [2.75, 3.05) is 32.8 Å². The maximum absolute atomic E-state index is 12.2. The highest BCUT2D eigenvalue weighted by atomic mass is 32.2. The van der Waals surface area contributed by atoms with Crippen LogP contribution in [-0.2, 0) is 0 Å². The number of rotatable bonds is 5. The molecule has 0 spiro atoms. The van der Waals surface area contributed by atoms with E-state index in [1.165, 1.54) is 21.3 Å². The Bertz CT molecular complexity index is 527. The summed E-state index contributed by atoms with van der Waals surface area (Å²) >= 11 is 1.81. The lowest BCUT2D eigenvalue weighted by Crippen LogP contribution is -2.20. The molecule has 1 aromatic carbocycles. The summed E-state index contributed by atoms with van der Waals surface area (Å²) in [5, 5.41) is 4.14. The van der Waals surface area contributed by atoms with E-state index in [2.05, 4.69) is 10.5 Å². The number of methoxy groups -OCH3 is 3. The number of nitrogens with one attached hydrogen (secondary N) is 1. The van der Waals surface area contributed by atoms with Crippen LogP contribution >= 0.6 is 11.8 Å². The van der Waals surface area contributed by atoms with Gasteiger partial charge in [0.2, 0.25) is 5.75 Å². The summed E-state index contributed by atoms with van der Waals surface area (Å²) < 4.78 is 15.7. The van der Waals surface area contributed by atoms with E-state index >= 15 is 0 Å². The largest absolute Gasteiger partial charge is 0.493 e. The third kappa shape index (κ3) is 3.60. The first kappa shape index (κ1) is 15.5. The van der Waals surface area contributed by atoms with Crippen molar-refractivity contribution < 1.29 is 19.0 Å². The van der Waals surface area contributed by atoms with Gasteiger partial charge in [0.05, 0.1) is 21.3 Å². The normalized spacial score (nSPS) is 15.9. The molecule has 0 radical (unpaired) electrons. The lowest BCUT2D eigenvalue weighted by molar-refractivity contribution is 0.0954. The Balaban J connectivity index is 2.22. The van der Waals surface area contributed by atoms with Crippen molar-refractivity contribution in [1.29, 1.82) is 0 Å². The molecule has 1 fully saturated rings. The molecule has 21 heavy (non-hydrogen) atoms. The van der Waals surface area contributed by atoms with Gasteiger partial charge in [0.25, 0.3) is 5.91 Å². The van der Waals surface area contributed by atoms with Crippen molar-refractivity contribution in [3.8, 4) is 17.2 Å². The van der Waals surface area contributed by atoms with E-state index in [4.69, 9.17) is 14.2 Å². The minimum Gasteiger partial charge on any atom is -0.493 e. The van der Waals surface area contributed by atoms with Crippen LogP contribution < -0.4 is 19.6 Å². The summed E-state index contributed by atoms with van der Waals surface area (Å²) in [6, 6.07) is 3.19. The fraction of sp³-hybridized carbons (Fsp3) is 0.429. The molecule has 7 heteroatoms. The summed E-state index contributed by atoms with van der Waals surface area (Å²) in [6.07, 6.45) is 0.917. The Morgan fingerprint density at radius 1 is 1.19 bits per heavy atom. The van der Waals surface area contributed by atoms with Crippen LogP contribution in [0.15, 0.2) is 17.2 Å². The molecular formula is C14H18N2O4S. The smallest absolute Gasteiger partial charge is 0.271 e. The fourth-order valence-electron chi connectivity index (χ4n) is 1.95. The zero-order chi connectivity index (χ0) is 15.2. The molecule has 114 valence electrons. The SMILES string of the molecule is COc1cc(C(=O)N/N=C2\CCSC2)cc(OC)c1OC. The Kier molecular flexibility index (Phi) is 5.32. The summed E-state index contributed by atoms with van der Waals surface area (Å²) in [4.78, 5) is 12.2. The second-order valence-electron chi connectivity index (χ2n) is 4.34. The first-order valence-electron chi connectivity index (χ1n) is 6.43. The van der Waals surface area contributed by atoms with Crippen LogP contribution in [0.4, 0.5) is 0 Å². The van der Waals surface area contributed by atoms with E-state index in [0.717, 1.165) is 23.6 Å². The van der Waals surface area contributed by atoms with Crippen molar-refractivity contribution in [3.63, 3.8) is 0 Å². The zero-order valence-electron chi connectivity index (χ0n) is 12.3. The number of ether oxygens (including phenoxy) is 3. The summed E-state index contributed by atoms with van der Waals surface area (Å²) in [5.41, 5.74) is 3.97. The van der Waals surface area contributed by atoms with Gasteiger partial charge in [-0.25, -0.2) is 5.43 Å². The maximum atomic E-state index is 12.2. The Labute approximate surface area is 127 Å². The Morgan fingerprint density at radius 2 is 1.86 bits per heavy atom. The van der Waals surface area contributed by atoms with Crippen molar-refractivity contribution in [2.24, 2.45) is 5.10 Å². The lowest BCUT2D eigenvalue weighted by Gasteiger charge is -2.13. The molecule has 1 aliphatic heterocycles. The molecule has 1 heterocycles. The van der Waals surface area contributed by atoms with Crippen LogP contribution in [0.3, 0.4) is 0 Å². The number of benzene rings is 1. The first-order chi connectivity index (χ1) is 10.2. The first-order valence-corrected chi connectivity index (χ1v) is 7.58. The van der Waals surface area contributed by atoms with Gasteiger partial charge in [0, 0.05) is 17.0 Å². The summed E-state index contributed by atoms with van der Waals surface area (Å²) in [6.45, 7) is 0. The Hall–Kier alpha value is -1.89.